The molecule has 132 valence electrons. The van der Waals surface area contributed by atoms with E-state index in [4.69, 9.17) is 18.6 Å². The fourth-order valence-corrected chi connectivity index (χ4v) is 6.60. The number of carbonyl (C=O) groups excluding carboxylic acids is 1. The Morgan fingerprint density at radius 2 is 2.16 bits per heavy atom. The van der Waals surface area contributed by atoms with E-state index < -0.39 is 0 Å². The maximum atomic E-state index is 12.4. The maximum absolute atomic E-state index is 12.4. The Morgan fingerprint density at radius 3 is 3.00 bits per heavy atom. The summed E-state index contributed by atoms with van der Waals surface area (Å²) in [6.45, 7) is 2.83. The van der Waals surface area contributed by atoms with E-state index >= 15 is 0 Å². The first-order valence-electron chi connectivity index (χ1n) is 9.31. The first-order valence-corrected chi connectivity index (χ1v) is 9.31. The normalized spacial score (nSPS) is 52.6. The van der Waals surface area contributed by atoms with Gasteiger partial charge in [-0.1, -0.05) is 19.1 Å². The lowest BCUT2D eigenvalue weighted by Gasteiger charge is -2.54. The zero-order valence-electron chi connectivity index (χ0n) is 14.2. The molecule has 0 N–H and O–H groups in total. The van der Waals surface area contributed by atoms with Gasteiger partial charge in [0.25, 0.3) is 0 Å². The van der Waals surface area contributed by atoms with Gasteiger partial charge in [0.1, 0.15) is 0 Å². The molecule has 0 aromatic carbocycles. The number of ether oxygens (including phenoxy) is 3. The number of furan rings is 1. The molecule has 6 rings (SSSR count). The SMILES string of the molecule is CC1C2CC34COC(=O)C3CC=CC4C13CC(c1ccoc1)OC3O2. The topological polar surface area (TPSA) is 57.9 Å². The molecule has 1 aromatic heterocycles. The number of rotatable bonds is 1. The van der Waals surface area contributed by atoms with Crippen molar-refractivity contribution in [3.8, 4) is 0 Å². The van der Waals surface area contributed by atoms with Crippen LogP contribution in [0.1, 0.15) is 37.9 Å². The Bertz CT molecular complexity index is 754. The molecular formula is C20H22O5. The van der Waals surface area contributed by atoms with Crippen LogP contribution in [-0.4, -0.2) is 25.0 Å². The van der Waals surface area contributed by atoms with E-state index in [0.29, 0.717) is 12.5 Å². The summed E-state index contributed by atoms with van der Waals surface area (Å²) in [6.07, 6.45) is 10.5. The molecule has 4 fully saturated rings. The van der Waals surface area contributed by atoms with Crippen molar-refractivity contribution in [2.75, 3.05) is 6.61 Å². The Balaban J connectivity index is 1.47. The van der Waals surface area contributed by atoms with Crippen LogP contribution in [0, 0.1) is 28.6 Å². The van der Waals surface area contributed by atoms with Gasteiger partial charge in [-0.2, -0.15) is 0 Å². The van der Waals surface area contributed by atoms with E-state index in [0.717, 1.165) is 24.8 Å². The number of hydrogen-bond donors (Lipinski definition) is 0. The zero-order valence-corrected chi connectivity index (χ0v) is 14.2. The predicted octanol–water partition coefficient (Wildman–Crippen LogP) is 3.23. The van der Waals surface area contributed by atoms with Crippen molar-refractivity contribution >= 4 is 5.97 Å². The number of esters is 1. The highest BCUT2D eigenvalue weighted by Gasteiger charge is 2.74. The van der Waals surface area contributed by atoms with Gasteiger partial charge in [-0.3, -0.25) is 4.79 Å². The molecule has 8 atom stereocenters. The lowest BCUT2D eigenvalue weighted by molar-refractivity contribution is -0.149. The number of carbonyl (C=O) groups is 1. The highest BCUT2D eigenvalue weighted by molar-refractivity contribution is 5.76. The molecule has 1 aromatic rings. The third-order valence-electron chi connectivity index (χ3n) is 7.83. The molecular weight excluding hydrogens is 320 g/mol. The van der Waals surface area contributed by atoms with Crippen molar-refractivity contribution in [2.45, 2.75) is 44.7 Å². The summed E-state index contributed by atoms with van der Waals surface area (Å²) in [6, 6.07) is 1.98. The van der Waals surface area contributed by atoms with E-state index in [9.17, 15) is 4.79 Å². The van der Waals surface area contributed by atoms with Gasteiger partial charge in [-0.05, 0) is 37.2 Å². The fourth-order valence-electron chi connectivity index (χ4n) is 6.60. The summed E-state index contributed by atoms with van der Waals surface area (Å²) in [5, 5.41) is 0. The van der Waals surface area contributed by atoms with E-state index in [2.05, 4.69) is 19.1 Å². The molecule has 4 heterocycles. The summed E-state index contributed by atoms with van der Waals surface area (Å²) in [7, 11) is 0. The van der Waals surface area contributed by atoms with E-state index in [1.54, 1.807) is 12.5 Å². The van der Waals surface area contributed by atoms with Gasteiger partial charge in [0, 0.05) is 16.4 Å². The van der Waals surface area contributed by atoms with Gasteiger partial charge in [0.05, 0.1) is 37.3 Å². The minimum atomic E-state index is -0.212. The van der Waals surface area contributed by atoms with Gasteiger partial charge < -0.3 is 18.6 Å². The number of allylic oxidation sites excluding steroid dienone is 2. The van der Waals surface area contributed by atoms with Gasteiger partial charge in [0.2, 0.25) is 0 Å². The largest absolute Gasteiger partial charge is 0.472 e. The second-order valence-corrected chi connectivity index (χ2v) is 8.53. The molecule has 25 heavy (non-hydrogen) atoms. The van der Waals surface area contributed by atoms with E-state index in [-0.39, 0.29) is 47.1 Å². The van der Waals surface area contributed by atoms with E-state index in [1.165, 1.54) is 0 Å². The predicted molar refractivity (Wildman–Crippen MR) is 86.2 cm³/mol. The second kappa shape index (κ2) is 4.57. The van der Waals surface area contributed by atoms with Crippen molar-refractivity contribution in [1.29, 1.82) is 0 Å². The highest BCUT2D eigenvalue weighted by Crippen LogP contribution is 2.72. The summed E-state index contributed by atoms with van der Waals surface area (Å²) >= 11 is 0. The van der Waals surface area contributed by atoms with Crippen LogP contribution in [0.3, 0.4) is 0 Å². The molecule has 2 aliphatic carbocycles. The lowest BCUT2D eigenvalue weighted by Crippen LogP contribution is -2.56. The molecule has 5 aliphatic rings. The summed E-state index contributed by atoms with van der Waals surface area (Å²) < 4.78 is 23.6. The molecule has 2 bridgehead atoms. The average Bonchev–Trinajstić information content (AvgIpc) is 3.34. The first-order chi connectivity index (χ1) is 12.1. The first kappa shape index (κ1) is 14.6. The molecule has 0 amide bonds. The molecule has 5 heteroatoms. The quantitative estimate of drug-likeness (QED) is 0.579. The molecule has 1 saturated carbocycles. The minimum Gasteiger partial charge on any atom is -0.472 e. The standard InChI is InChI=1S/C20H22O5/c1-11-14-7-19-10-23-17(21)13(19)3-2-4-16(19)20(11)8-15(25-18(20)24-14)12-5-6-22-9-12/h2,4-6,9,11,13-16,18H,3,7-8,10H2,1H3. The Kier molecular flexibility index (Phi) is 2.66. The summed E-state index contributed by atoms with van der Waals surface area (Å²) in [5.74, 6) is 0.622. The third kappa shape index (κ3) is 1.56. The Hall–Kier alpha value is -1.59. The van der Waals surface area contributed by atoms with Gasteiger partial charge in [0.15, 0.2) is 6.29 Å². The molecule has 2 spiro atoms. The van der Waals surface area contributed by atoms with Crippen LogP contribution in [0.15, 0.2) is 35.2 Å². The van der Waals surface area contributed by atoms with Crippen LogP contribution >= 0.6 is 0 Å². The van der Waals surface area contributed by atoms with Crippen LogP contribution in [0.5, 0.6) is 0 Å². The number of cyclic esters (lactones) is 1. The Morgan fingerprint density at radius 1 is 1.24 bits per heavy atom. The van der Waals surface area contributed by atoms with Crippen LogP contribution in [0.4, 0.5) is 0 Å². The van der Waals surface area contributed by atoms with Crippen LogP contribution in [0.25, 0.3) is 0 Å². The summed E-state index contributed by atoms with van der Waals surface area (Å²) in [5.41, 5.74) is 0.867. The minimum absolute atomic E-state index is 0.00546. The molecule has 5 nitrogen and oxygen atoms in total. The Labute approximate surface area is 146 Å². The van der Waals surface area contributed by atoms with Crippen LogP contribution in [-0.2, 0) is 19.0 Å². The van der Waals surface area contributed by atoms with Crippen molar-refractivity contribution in [2.24, 2.45) is 28.6 Å². The lowest BCUT2D eigenvalue weighted by atomic mass is 9.46. The monoisotopic (exact) mass is 342 g/mol. The second-order valence-electron chi connectivity index (χ2n) is 8.53. The van der Waals surface area contributed by atoms with Crippen LogP contribution < -0.4 is 0 Å². The molecule has 8 unspecified atom stereocenters. The molecule has 0 radical (unpaired) electrons. The van der Waals surface area contributed by atoms with Gasteiger partial charge in [-0.25, -0.2) is 0 Å². The highest BCUT2D eigenvalue weighted by atomic mass is 16.7. The van der Waals surface area contributed by atoms with Crippen molar-refractivity contribution < 1.29 is 23.4 Å². The van der Waals surface area contributed by atoms with Gasteiger partial charge >= 0.3 is 5.97 Å². The van der Waals surface area contributed by atoms with E-state index in [1.807, 2.05) is 6.07 Å². The van der Waals surface area contributed by atoms with Crippen molar-refractivity contribution in [3.05, 3.63) is 36.3 Å². The average molecular weight is 342 g/mol. The van der Waals surface area contributed by atoms with Crippen molar-refractivity contribution in [3.63, 3.8) is 0 Å². The number of fused-ring (bicyclic) bond motifs is 1. The smallest absolute Gasteiger partial charge is 0.309 e. The fraction of sp³-hybridized carbons (Fsp3) is 0.650. The van der Waals surface area contributed by atoms with Gasteiger partial charge in [-0.15, -0.1) is 0 Å². The maximum Gasteiger partial charge on any atom is 0.309 e. The number of hydrogen-bond acceptors (Lipinski definition) is 5. The molecule has 3 aliphatic heterocycles. The zero-order chi connectivity index (χ0) is 16.8. The van der Waals surface area contributed by atoms with Crippen molar-refractivity contribution in [1.82, 2.24) is 0 Å². The third-order valence-corrected chi connectivity index (χ3v) is 7.83. The van der Waals surface area contributed by atoms with Crippen LogP contribution in [0.2, 0.25) is 0 Å². The summed E-state index contributed by atoms with van der Waals surface area (Å²) in [4.78, 5) is 12.4. The molecule has 3 saturated heterocycles.